The number of halogens is 2. The number of rotatable bonds is 8. The normalized spacial score (nSPS) is 18.3. The number of carbonyl (C=O) groups excluding carboxylic acids is 3. The van der Waals surface area contributed by atoms with E-state index in [-0.39, 0.29) is 46.3 Å². The first-order chi connectivity index (χ1) is 20.8. The lowest BCUT2D eigenvalue weighted by Crippen LogP contribution is -2.48. The smallest absolute Gasteiger partial charge is 0.248 e. The number of likely N-dealkylation sites (tertiary alicyclic amines) is 1. The number of anilines is 1. The number of amides is 2. The predicted octanol–water partition coefficient (Wildman–Crippen LogP) is 3.81. The Morgan fingerprint density at radius 2 is 1.82 bits per heavy atom. The van der Waals surface area contributed by atoms with Crippen LogP contribution in [-0.2, 0) is 16.1 Å². The molecule has 0 unspecified atom stereocenters. The lowest BCUT2D eigenvalue weighted by Gasteiger charge is -2.29. The zero-order valence-corrected chi connectivity index (χ0v) is 26.9. The van der Waals surface area contributed by atoms with Gasteiger partial charge in [0, 0.05) is 42.9 Å². The molecule has 4 aromatic heterocycles. The molecule has 14 heteroatoms. The Morgan fingerprint density at radius 3 is 2.48 bits per heavy atom. The fourth-order valence-electron chi connectivity index (χ4n) is 5.67. The highest BCUT2D eigenvalue weighted by Gasteiger charge is 2.45. The molecular weight excluding hydrogens is 633 g/mol. The molecule has 0 radical (unpaired) electrons. The highest BCUT2D eigenvalue weighted by Crippen LogP contribution is 2.33. The topological polar surface area (TPSA) is 139 Å². The standard InChI is InChI=1S/C30H33BrFN9O3/c1-15-7-22(32)28(31)36-29(15)37-30(44)24-8-19(13-39(5)6)16(2)41(24)26(43)14-40-25-12-35-23(20-10-33-18(4)34-11-20)9-21(25)27(38-40)17(3)42/h7,9-12,16,19,24H,8,13-14H2,1-6H3,(H,36,37,44)/t16-,19-,24+/m1/s1. The molecule has 1 fully saturated rings. The second kappa shape index (κ2) is 12.4. The minimum atomic E-state index is -0.798. The van der Waals surface area contributed by atoms with Crippen molar-refractivity contribution in [1.29, 1.82) is 0 Å². The van der Waals surface area contributed by atoms with Crippen molar-refractivity contribution in [3.63, 3.8) is 0 Å². The summed E-state index contributed by atoms with van der Waals surface area (Å²) < 4.78 is 15.4. The lowest BCUT2D eigenvalue weighted by atomic mass is 9.99. The SMILES string of the molecule is CC(=O)c1nn(CC(=O)N2[C@H](C)[C@@H](CN(C)C)C[C@H]2C(=O)Nc2nc(Br)c(F)cc2C)c2cnc(-c3cnc(C)nc3)cc12. The second-order valence-corrected chi connectivity index (χ2v) is 12.2. The van der Waals surface area contributed by atoms with Crippen LogP contribution in [0.15, 0.2) is 35.3 Å². The van der Waals surface area contributed by atoms with Crippen LogP contribution in [0.4, 0.5) is 10.2 Å². The molecule has 0 aliphatic carbocycles. The summed E-state index contributed by atoms with van der Waals surface area (Å²) >= 11 is 3.07. The Labute approximate surface area is 262 Å². The molecule has 1 aliphatic heterocycles. The molecule has 44 heavy (non-hydrogen) atoms. The average molecular weight is 667 g/mol. The van der Waals surface area contributed by atoms with Gasteiger partial charge in [0.2, 0.25) is 11.8 Å². The molecule has 5 heterocycles. The van der Waals surface area contributed by atoms with E-state index in [1.165, 1.54) is 17.7 Å². The first-order valence-electron chi connectivity index (χ1n) is 14.1. The fraction of sp³-hybridized carbons (Fsp3) is 0.400. The molecule has 1 aliphatic rings. The highest BCUT2D eigenvalue weighted by molar-refractivity contribution is 9.10. The number of Topliss-reactive ketones (excluding diaryl/α,β-unsaturated/α-hetero) is 1. The third kappa shape index (κ3) is 6.22. The maximum atomic E-state index is 14.0. The number of ketones is 1. The van der Waals surface area contributed by atoms with Gasteiger partial charge in [-0.05, 0) is 80.8 Å². The molecule has 4 aromatic rings. The van der Waals surface area contributed by atoms with E-state index in [0.29, 0.717) is 46.5 Å². The molecule has 0 spiro atoms. The molecule has 2 amide bonds. The highest BCUT2D eigenvalue weighted by atomic mass is 79.9. The number of aromatic nitrogens is 6. The van der Waals surface area contributed by atoms with Gasteiger partial charge in [0.1, 0.15) is 34.5 Å². The van der Waals surface area contributed by atoms with E-state index in [4.69, 9.17) is 0 Å². The van der Waals surface area contributed by atoms with Gasteiger partial charge in [0.15, 0.2) is 11.6 Å². The van der Waals surface area contributed by atoms with E-state index in [2.05, 4.69) is 46.3 Å². The van der Waals surface area contributed by atoms with Crippen molar-refractivity contribution in [2.75, 3.05) is 26.0 Å². The van der Waals surface area contributed by atoms with E-state index in [9.17, 15) is 18.8 Å². The summed E-state index contributed by atoms with van der Waals surface area (Å²) in [6.45, 7) is 7.24. The van der Waals surface area contributed by atoms with Crippen molar-refractivity contribution in [1.82, 2.24) is 39.5 Å². The van der Waals surface area contributed by atoms with E-state index in [1.807, 2.05) is 25.9 Å². The minimum absolute atomic E-state index is 0.0156. The van der Waals surface area contributed by atoms with Crippen LogP contribution in [0.2, 0.25) is 0 Å². The molecule has 1 saturated heterocycles. The Bertz CT molecular complexity index is 1760. The van der Waals surface area contributed by atoms with E-state index >= 15 is 0 Å². The number of hydrogen-bond acceptors (Lipinski definition) is 9. The lowest BCUT2D eigenvalue weighted by molar-refractivity contribution is -0.139. The van der Waals surface area contributed by atoms with E-state index in [1.54, 1.807) is 43.4 Å². The second-order valence-electron chi connectivity index (χ2n) is 11.4. The Balaban J connectivity index is 1.46. The fourth-order valence-corrected chi connectivity index (χ4v) is 5.96. The molecule has 0 saturated carbocycles. The summed E-state index contributed by atoms with van der Waals surface area (Å²) in [5.41, 5.74) is 2.42. The average Bonchev–Trinajstić information content (AvgIpc) is 3.48. The Hall–Kier alpha value is -4.17. The number of aryl methyl sites for hydroxylation is 2. The van der Waals surface area contributed by atoms with Crippen LogP contribution in [-0.4, -0.2) is 89.8 Å². The van der Waals surface area contributed by atoms with Gasteiger partial charge < -0.3 is 15.1 Å². The molecule has 1 N–H and O–H groups in total. The van der Waals surface area contributed by atoms with Gasteiger partial charge in [0.05, 0.1) is 17.4 Å². The van der Waals surface area contributed by atoms with Crippen molar-refractivity contribution in [2.45, 2.75) is 52.7 Å². The van der Waals surface area contributed by atoms with Crippen LogP contribution in [0.5, 0.6) is 0 Å². The van der Waals surface area contributed by atoms with Gasteiger partial charge >= 0.3 is 0 Å². The maximum absolute atomic E-state index is 14.0. The number of pyridine rings is 2. The van der Waals surface area contributed by atoms with Crippen LogP contribution in [0.3, 0.4) is 0 Å². The predicted molar refractivity (Wildman–Crippen MR) is 165 cm³/mol. The number of fused-ring (bicyclic) bond motifs is 1. The van der Waals surface area contributed by atoms with Gasteiger partial charge in [-0.15, -0.1) is 0 Å². The van der Waals surface area contributed by atoms with Crippen LogP contribution in [0.1, 0.15) is 42.1 Å². The van der Waals surface area contributed by atoms with Crippen molar-refractivity contribution in [3.8, 4) is 11.3 Å². The number of nitrogens with zero attached hydrogens (tertiary/aromatic N) is 8. The first kappa shape index (κ1) is 31.3. The van der Waals surface area contributed by atoms with Crippen LogP contribution in [0.25, 0.3) is 22.2 Å². The quantitative estimate of drug-likeness (QED) is 0.220. The number of hydrogen-bond donors (Lipinski definition) is 1. The third-order valence-corrected chi connectivity index (χ3v) is 8.43. The summed E-state index contributed by atoms with van der Waals surface area (Å²) in [6, 6.07) is 1.96. The molecule has 12 nitrogen and oxygen atoms in total. The van der Waals surface area contributed by atoms with Gasteiger partial charge in [-0.1, -0.05) is 0 Å². The molecule has 5 rings (SSSR count). The van der Waals surface area contributed by atoms with Gasteiger partial charge in [-0.3, -0.25) is 24.0 Å². The Kier molecular flexibility index (Phi) is 8.84. The molecule has 0 bridgehead atoms. The number of nitrogens with one attached hydrogen (secondary N) is 1. The molecule has 230 valence electrons. The van der Waals surface area contributed by atoms with E-state index < -0.39 is 17.8 Å². The van der Waals surface area contributed by atoms with E-state index in [0.717, 1.165) is 0 Å². The minimum Gasteiger partial charge on any atom is -0.326 e. The summed E-state index contributed by atoms with van der Waals surface area (Å²) in [7, 11) is 3.89. The van der Waals surface area contributed by atoms with Crippen LogP contribution >= 0.6 is 15.9 Å². The molecule has 3 atom stereocenters. The van der Waals surface area contributed by atoms with Gasteiger partial charge in [-0.2, -0.15) is 5.10 Å². The largest absolute Gasteiger partial charge is 0.326 e. The van der Waals surface area contributed by atoms with Crippen molar-refractivity contribution >= 4 is 50.2 Å². The first-order valence-corrected chi connectivity index (χ1v) is 14.9. The van der Waals surface area contributed by atoms with Gasteiger partial charge in [0.25, 0.3) is 0 Å². The van der Waals surface area contributed by atoms with Crippen LogP contribution in [0, 0.1) is 25.6 Å². The maximum Gasteiger partial charge on any atom is 0.248 e. The van der Waals surface area contributed by atoms with Crippen molar-refractivity contribution in [2.24, 2.45) is 5.92 Å². The van der Waals surface area contributed by atoms with Crippen LogP contribution < -0.4 is 5.32 Å². The van der Waals surface area contributed by atoms with Crippen molar-refractivity contribution in [3.05, 3.63) is 58.2 Å². The summed E-state index contributed by atoms with van der Waals surface area (Å²) in [5, 5.41) is 7.84. The number of carbonyl (C=O) groups is 3. The summed E-state index contributed by atoms with van der Waals surface area (Å²) in [6.07, 6.45) is 5.32. The molecule has 0 aromatic carbocycles. The third-order valence-electron chi connectivity index (χ3n) is 7.87. The zero-order valence-electron chi connectivity index (χ0n) is 25.3. The monoisotopic (exact) mass is 665 g/mol. The Morgan fingerprint density at radius 1 is 1.11 bits per heavy atom. The molecular formula is C30H33BrFN9O3. The van der Waals surface area contributed by atoms with Gasteiger partial charge in [-0.25, -0.2) is 19.3 Å². The summed E-state index contributed by atoms with van der Waals surface area (Å²) in [5.74, 6) is -0.696. The van der Waals surface area contributed by atoms with Crippen molar-refractivity contribution < 1.29 is 18.8 Å². The zero-order chi connectivity index (χ0) is 31.9. The summed E-state index contributed by atoms with van der Waals surface area (Å²) in [4.78, 5) is 61.0.